The molecule has 6 heteroatoms. The van der Waals surface area contributed by atoms with Gasteiger partial charge in [-0.1, -0.05) is 15.9 Å². The number of nitrogens with one attached hydrogen (secondary N) is 1. The smallest absolute Gasteiger partial charge is 0.275 e. The number of halogens is 1. The summed E-state index contributed by atoms with van der Waals surface area (Å²) in [6.07, 6.45) is 2.78. The highest BCUT2D eigenvalue weighted by Gasteiger charge is 2.12. The van der Waals surface area contributed by atoms with Gasteiger partial charge in [-0.15, -0.1) is 0 Å². The number of aromatic nitrogens is 2. The van der Waals surface area contributed by atoms with Crippen molar-refractivity contribution < 1.29 is 4.79 Å². The SMILES string of the molecule is Cc1cc(Br)cc(C)c1NC(=O)c1cncc(N)n1. The van der Waals surface area contributed by atoms with Gasteiger partial charge in [0, 0.05) is 10.2 Å². The van der Waals surface area contributed by atoms with E-state index in [1.165, 1.54) is 12.4 Å². The molecule has 1 heterocycles. The number of anilines is 2. The molecule has 1 aromatic heterocycles. The van der Waals surface area contributed by atoms with Crippen molar-refractivity contribution in [1.29, 1.82) is 0 Å². The van der Waals surface area contributed by atoms with Gasteiger partial charge >= 0.3 is 0 Å². The molecule has 0 aliphatic heterocycles. The number of aryl methyl sites for hydroxylation is 2. The Labute approximate surface area is 119 Å². The molecule has 2 aromatic rings. The zero-order chi connectivity index (χ0) is 14.0. The van der Waals surface area contributed by atoms with Crippen molar-refractivity contribution in [1.82, 2.24) is 9.97 Å². The molecule has 0 unspecified atom stereocenters. The van der Waals surface area contributed by atoms with E-state index in [2.05, 4.69) is 31.2 Å². The molecule has 98 valence electrons. The van der Waals surface area contributed by atoms with Crippen LogP contribution in [0.15, 0.2) is 29.0 Å². The van der Waals surface area contributed by atoms with Gasteiger partial charge in [0.25, 0.3) is 5.91 Å². The fraction of sp³-hybridized carbons (Fsp3) is 0.154. The van der Waals surface area contributed by atoms with Crippen LogP contribution in [0.2, 0.25) is 0 Å². The molecule has 0 atom stereocenters. The van der Waals surface area contributed by atoms with Crippen LogP contribution >= 0.6 is 15.9 Å². The number of nitrogens with zero attached hydrogens (tertiary/aromatic N) is 2. The fourth-order valence-corrected chi connectivity index (χ4v) is 2.46. The number of hydrogen-bond donors (Lipinski definition) is 2. The summed E-state index contributed by atoms with van der Waals surface area (Å²) in [4.78, 5) is 19.9. The van der Waals surface area contributed by atoms with Crippen LogP contribution in [0.5, 0.6) is 0 Å². The van der Waals surface area contributed by atoms with E-state index in [0.717, 1.165) is 21.3 Å². The summed E-state index contributed by atoms with van der Waals surface area (Å²) in [5.41, 5.74) is 8.42. The topological polar surface area (TPSA) is 80.9 Å². The summed E-state index contributed by atoms with van der Waals surface area (Å²) in [7, 11) is 0. The van der Waals surface area contributed by atoms with Gasteiger partial charge in [-0.3, -0.25) is 9.78 Å². The van der Waals surface area contributed by atoms with Gasteiger partial charge in [-0.25, -0.2) is 4.98 Å². The van der Waals surface area contributed by atoms with Crippen molar-refractivity contribution in [3.63, 3.8) is 0 Å². The van der Waals surface area contributed by atoms with Crippen LogP contribution in [0.25, 0.3) is 0 Å². The maximum atomic E-state index is 12.1. The Morgan fingerprint density at radius 2 is 1.89 bits per heavy atom. The molecule has 19 heavy (non-hydrogen) atoms. The van der Waals surface area contributed by atoms with Gasteiger partial charge in [-0.05, 0) is 37.1 Å². The minimum absolute atomic E-state index is 0.196. The molecule has 0 aliphatic carbocycles. The van der Waals surface area contributed by atoms with Gasteiger partial charge in [-0.2, -0.15) is 0 Å². The summed E-state index contributed by atoms with van der Waals surface area (Å²) in [5.74, 6) is -0.106. The lowest BCUT2D eigenvalue weighted by atomic mass is 10.1. The van der Waals surface area contributed by atoms with E-state index in [1.54, 1.807) is 0 Å². The zero-order valence-electron chi connectivity index (χ0n) is 10.6. The molecular formula is C13H13BrN4O. The minimum atomic E-state index is -0.326. The molecule has 0 fully saturated rings. The average molecular weight is 321 g/mol. The number of hydrogen-bond acceptors (Lipinski definition) is 4. The molecule has 0 bridgehead atoms. The van der Waals surface area contributed by atoms with Gasteiger partial charge in [0.05, 0.1) is 12.4 Å². The lowest BCUT2D eigenvalue weighted by Gasteiger charge is -2.12. The highest BCUT2D eigenvalue weighted by Crippen LogP contribution is 2.25. The third-order valence-corrected chi connectivity index (χ3v) is 3.08. The standard InChI is InChI=1S/C13H13BrN4O/c1-7-3-9(14)4-8(2)12(7)18-13(19)10-5-16-6-11(15)17-10/h3-6H,1-2H3,(H2,15,17)(H,18,19). The number of amides is 1. The van der Waals surface area contributed by atoms with Crippen molar-refractivity contribution in [2.24, 2.45) is 0 Å². The van der Waals surface area contributed by atoms with E-state index >= 15 is 0 Å². The van der Waals surface area contributed by atoms with E-state index in [9.17, 15) is 4.79 Å². The first-order valence-corrected chi connectivity index (χ1v) is 6.42. The number of carbonyl (C=O) groups excluding carboxylic acids is 1. The van der Waals surface area contributed by atoms with E-state index < -0.39 is 0 Å². The first-order chi connectivity index (χ1) is 8.97. The first kappa shape index (κ1) is 13.5. The summed E-state index contributed by atoms with van der Waals surface area (Å²) in [6, 6.07) is 3.88. The molecule has 5 nitrogen and oxygen atoms in total. The lowest BCUT2D eigenvalue weighted by Crippen LogP contribution is -2.16. The largest absolute Gasteiger partial charge is 0.382 e. The van der Waals surface area contributed by atoms with Crippen LogP contribution < -0.4 is 11.1 Å². The minimum Gasteiger partial charge on any atom is -0.382 e. The monoisotopic (exact) mass is 320 g/mol. The van der Waals surface area contributed by atoms with Crippen LogP contribution in [0, 0.1) is 13.8 Å². The highest BCUT2D eigenvalue weighted by atomic mass is 79.9. The number of benzene rings is 1. The number of nitrogens with two attached hydrogens (primary N) is 1. The third kappa shape index (κ3) is 3.08. The first-order valence-electron chi connectivity index (χ1n) is 5.63. The summed E-state index contributed by atoms with van der Waals surface area (Å²) < 4.78 is 0.976. The van der Waals surface area contributed by atoms with E-state index in [4.69, 9.17) is 5.73 Å². The van der Waals surface area contributed by atoms with Crippen LogP contribution in [0.4, 0.5) is 11.5 Å². The number of nitrogen functional groups attached to an aromatic ring is 1. The molecular weight excluding hydrogens is 308 g/mol. The molecule has 0 spiro atoms. The van der Waals surface area contributed by atoms with Crippen LogP contribution in [0.3, 0.4) is 0 Å². The Morgan fingerprint density at radius 1 is 1.26 bits per heavy atom. The molecule has 3 N–H and O–H groups in total. The third-order valence-electron chi connectivity index (χ3n) is 2.62. The normalized spacial score (nSPS) is 10.3. The second-order valence-corrected chi connectivity index (χ2v) is 5.11. The van der Waals surface area contributed by atoms with Gasteiger partial charge in [0.1, 0.15) is 11.5 Å². The Hall–Kier alpha value is -1.95. The van der Waals surface area contributed by atoms with Crippen molar-refractivity contribution in [2.75, 3.05) is 11.1 Å². The van der Waals surface area contributed by atoms with Crippen molar-refractivity contribution in [3.8, 4) is 0 Å². The summed E-state index contributed by atoms with van der Waals surface area (Å²) >= 11 is 3.42. The summed E-state index contributed by atoms with van der Waals surface area (Å²) in [6.45, 7) is 3.86. The molecule has 0 saturated carbocycles. The van der Waals surface area contributed by atoms with Gasteiger partial charge in [0.2, 0.25) is 0 Å². The van der Waals surface area contributed by atoms with Crippen LogP contribution in [0.1, 0.15) is 21.6 Å². The number of carbonyl (C=O) groups is 1. The maximum Gasteiger partial charge on any atom is 0.275 e. The van der Waals surface area contributed by atoms with Crippen molar-refractivity contribution in [2.45, 2.75) is 13.8 Å². The fourth-order valence-electron chi connectivity index (χ4n) is 1.78. The predicted molar refractivity (Wildman–Crippen MR) is 78.0 cm³/mol. The van der Waals surface area contributed by atoms with Crippen molar-refractivity contribution >= 4 is 33.3 Å². The van der Waals surface area contributed by atoms with Gasteiger partial charge < -0.3 is 11.1 Å². The van der Waals surface area contributed by atoms with Crippen molar-refractivity contribution in [3.05, 3.63) is 45.8 Å². The molecule has 1 amide bonds. The van der Waals surface area contributed by atoms with Gasteiger partial charge in [0.15, 0.2) is 0 Å². The second-order valence-electron chi connectivity index (χ2n) is 4.20. The van der Waals surface area contributed by atoms with E-state index in [1.807, 2.05) is 26.0 Å². The predicted octanol–water partition coefficient (Wildman–Crippen LogP) is 2.69. The Bertz CT molecular complexity index is 619. The lowest BCUT2D eigenvalue weighted by molar-refractivity contribution is 0.102. The maximum absolute atomic E-state index is 12.1. The zero-order valence-corrected chi connectivity index (χ0v) is 12.2. The highest BCUT2D eigenvalue weighted by molar-refractivity contribution is 9.10. The Kier molecular flexibility index (Phi) is 3.80. The van der Waals surface area contributed by atoms with E-state index in [-0.39, 0.29) is 17.4 Å². The second kappa shape index (κ2) is 5.36. The van der Waals surface area contributed by atoms with E-state index in [0.29, 0.717) is 0 Å². The Balaban J connectivity index is 2.29. The molecule has 0 aliphatic rings. The molecule has 2 rings (SSSR count). The molecule has 0 radical (unpaired) electrons. The molecule has 1 aromatic carbocycles. The number of rotatable bonds is 2. The molecule has 0 saturated heterocycles. The van der Waals surface area contributed by atoms with Crippen LogP contribution in [-0.4, -0.2) is 15.9 Å². The van der Waals surface area contributed by atoms with Crippen LogP contribution in [-0.2, 0) is 0 Å². The quantitative estimate of drug-likeness (QED) is 0.891. The summed E-state index contributed by atoms with van der Waals surface area (Å²) in [5, 5.41) is 2.83. The average Bonchev–Trinajstić information content (AvgIpc) is 2.33. The Morgan fingerprint density at radius 3 is 2.47 bits per heavy atom.